The summed E-state index contributed by atoms with van der Waals surface area (Å²) >= 11 is 6.01. The van der Waals surface area contributed by atoms with Crippen LogP contribution in [0, 0.1) is 11.7 Å². The average Bonchev–Trinajstić information content (AvgIpc) is 3.24. The summed E-state index contributed by atoms with van der Waals surface area (Å²) in [5, 5.41) is 5.83. The Balaban J connectivity index is 1.62. The smallest absolute Gasteiger partial charge is 0.251 e. The van der Waals surface area contributed by atoms with Crippen molar-refractivity contribution in [3.05, 3.63) is 63.9 Å². The van der Waals surface area contributed by atoms with Crippen molar-refractivity contribution in [2.24, 2.45) is 5.92 Å². The van der Waals surface area contributed by atoms with Crippen molar-refractivity contribution in [1.82, 2.24) is 15.5 Å². The molecule has 10 heteroatoms. The van der Waals surface area contributed by atoms with Gasteiger partial charge in [0.15, 0.2) is 9.84 Å². The number of rotatable bonds is 9. The molecular formula is C24H29ClFN3O4S. The lowest BCUT2D eigenvalue weighted by Crippen LogP contribution is -2.29. The maximum atomic E-state index is 14.7. The molecule has 0 radical (unpaired) electrons. The molecule has 1 heterocycles. The molecular weight excluding hydrogens is 481 g/mol. The highest BCUT2D eigenvalue weighted by atomic mass is 35.5. The van der Waals surface area contributed by atoms with Crippen molar-refractivity contribution < 1.29 is 22.4 Å². The standard InChI is InChI=1S/C24H29ClFN3O4S/c1-3-34(32,33)23-7-6-21(25)10-20(23)13-28-24(31)18-4-5-19(22(26)11-18)15-29-9-8-17(14-29)12-27-16(2)30/h4-7,10-11,17H,3,8-9,12-15H2,1-2H3,(H,27,30)(H,28,31)/t17-/m0/s1. The van der Waals surface area contributed by atoms with Crippen molar-refractivity contribution in [2.45, 2.75) is 38.3 Å². The third kappa shape index (κ3) is 6.77. The van der Waals surface area contributed by atoms with Crippen LogP contribution in [0.3, 0.4) is 0 Å². The van der Waals surface area contributed by atoms with Crippen LogP contribution in [0.25, 0.3) is 0 Å². The summed E-state index contributed by atoms with van der Waals surface area (Å²) in [7, 11) is -3.49. The minimum Gasteiger partial charge on any atom is -0.356 e. The fourth-order valence-electron chi connectivity index (χ4n) is 3.99. The van der Waals surface area contributed by atoms with E-state index in [1.54, 1.807) is 19.1 Å². The van der Waals surface area contributed by atoms with Crippen LogP contribution >= 0.6 is 11.6 Å². The third-order valence-corrected chi connectivity index (χ3v) is 7.96. The lowest BCUT2D eigenvalue weighted by Gasteiger charge is -2.17. The zero-order chi connectivity index (χ0) is 24.9. The molecule has 1 atom stereocenters. The lowest BCUT2D eigenvalue weighted by molar-refractivity contribution is -0.119. The second-order valence-electron chi connectivity index (χ2n) is 8.47. The summed E-state index contributed by atoms with van der Waals surface area (Å²) < 4.78 is 39.4. The van der Waals surface area contributed by atoms with E-state index < -0.39 is 21.6 Å². The van der Waals surface area contributed by atoms with Gasteiger partial charge < -0.3 is 10.6 Å². The first-order chi connectivity index (χ1) is 16.1. The van der Waals surface area contributed by atoms with Gasteiger partial charge in [0.05, 0.1) is 10.6 Å². The maximum Gasteiger partial charge on any atom is 0.251 e. The molecule has 3 rings (SSSR count). The summed E-state index contributed by atoms with van der Waals surface area (Å²) in [5.41, 5.74) is 1.01. The van der Waals surface area contributed by atoms with Crippen molar-refractivity contribution in [1.29, 1.82) is 0 Å². The van der Waals surface area contributed by atoms with Gasteiger partial charge in [0.25, 0.3) is 5.91 Å². The highest BCUT2D eigenvalue weighted by molar-refractivity contribution is 7.91. The molecule has 1 aliphatic rings. The van der Waals surface area contributed by atoms with Crippen LogP contribution in [0.2, 0.25) is 5.02 Å². The Bertz CT molecular complexity index is 1170. The predicted octanol–water partition coefficient (Wildman–Crippen LogP) is 3.16. The Morgan fingerprint density at radius 1 is 1.15 bits per heavy atom. The molecule has 0 spiro atoms. The normalized spacial score (nSPS) is 16.4. The number of hydrogen-bond acceptors (Lipinski definition) is 5. The molecule has 7 nitrogen and oxygen atoms in total. The molecule has 0 aliphatic carbocycles. The molecule has 0 unspecified atom stereocenters. The lowest BCUT2D eigenvalue weighted by atomic mass is 10.1. The summed E-state index contributed by atoms with van der Waals surface area (Å²) in [5.74, 6) is -0.786. The first kappa shape index (κ1) is 26.1. The number of carbonyl (C=O) groups is 2. The fourth-order valence-corrected chi connectivity index (χ4v) is 5.30. The fraction of sp³-hybridized carbons (Fsp3) is 0.417. The molecule has 34 heavy (non-hydrogen) atoms. The van der Waals surface area contributed by atoms with Gasteiger partial charge >= 0.3 is 0 Å². The van der Waals surface area contributed by atoms with Crippen molar-refractivity contribution in [2.75, 3.05) is 25.4 Å². The van der Waals surface area contributed by atoms with Crippen molar-refractivity contribution >= 4 is 33.3 Å². The number of benzene rings is 2. The molecule has 2 N–H and O–H groups in total. The summed E-state index contributed by atoms with van der Waals surface area (Å²) in [6, 6.07) is 8.76. The number of carbonyl (C=O) groups excluding carboxylic acids is 2. The molecule has 1 saturated heterocycles. The van der Waals surface area contributed by atoms with Gasteiger partial charge in [-0.15, -0.1) is 0 Å². The van der Waals surface area contributed by atoms with Crippen LogP contribution in [-0.2, 0) is 27.7 Å². The largest absolute Gasteiger partial charge is 0.356 e. The molecule has 2 amide bonds. The van der Waals surface area contributed by atoms with Crippen LogP contribution in [0.4, 0.5) is 4.39 Å². The molecule has 1 fully saturated rings. The van der Waals surface area contributed by atoms with Gasteiger partial charge in [0.1, 0.15) is 5.82 Å². The molecule has 1 aliphatic heterocycles. The zero-order valence-electron chi connectivity index (χ0n) is 19.2. The van der Waals surface area contributed by atoms with Crippen LogP contribution in [0.5, 0.6) is 0 Å². The van der Waals surface area contributed by atoms with Crippen molar-refractivity contribution in [3.8, 4) is 0 Å². The van der Waals surface area contributed by atoms with E-state index in [9.17, 15) is 22.4 Å². The van der Waals surface area contributed by atoms with E-state index in [0.717, 1.165) is 19.5 Å². The topological polar surface area (TPSA) is 95.6 Å². The molecule has 0 aromatic heterocycles. The van der Waals surface area contributed by atoms with Crippen LogP contribution in [0.1, 0.15) is 41.8 Å². The van der Waals surface area contributed by atoms with Gasteiger partial charge in [0, 0.05) is 49.3 Å². The van der Waals surface area contributed by atoms with E-state index >= 15 is 0 Å². The average molecular weight is 510 g/mol. The minimum atomic E-state index is -3.49. The predicted molar refractivity (Wildman–Crippen MR) is 129 cm³/mol. The second-order valence-corrected chi connectivity index (χ2v) is 11.2. The Labute approximate surface area is 204 Å². The first-order valence-electron chi connectivity index (χ1n) is 11.1. The van der Waals surface area contributed by atoms with Crippen molar-refractivity contribution in [3.63, 3.8) is 0 Å². The SMILES string of the molecule is CCS(=O)(=O)c1ccc(Cl)cc1CNC(=O)c1ccc(CN2CC[C@@H](CNC(C)=O)C2)c(F)c1. The van der Waals surface area contributed by atoms with E-state index in [1.165, 1.54) is 31.2 Å². The van der Waals surface area contributed by atoms with Gasteiger partial charge in [-0.3, -0.25) is 14.5 Å². The Hall–Kier alpha value is -2.49. The highest BCUT2D eigenvalue weighted by Crippen LogP contribution is 2.23. The van der Waals surface area contributed by atoms with E-state index in [0.29, 0.717) is 35.2 Å². The van der Waals surface area contributed by atoms with Gasteiger partial charge in [-0.25, -0.2) is 12.8 Å². The van der Waals surface area contributed by atoms with Crippen LogP contribution in [0.15, 0.2) is 41.3 Å². The quantitative estimate of drug-likeness (QED) is 0.541. The van der Waals surface area contributed by atoms with E-state index in [-0.39, 0.29) is 28.7 Å². The molecule has 2 aromatic carbocycles. The van der Waals surface area contributed by atoms with E-state index in [1.807, 2.05) is 0 Å². The monoisotopic (exact) mass is 509 g/mol. The van der Waals surface area contributed by atoms with Gasteiger partial charge in [0.2, 0.25) is 5.91 Å². The number of amides is 2. The molecule has 184 valence electrons. The van der Waals surface area contributed by atoms with E-state index in [4.69, 9.17) is 11.6 Å². The van der Waals surface area contributed by atoms with Gasteiger partial charge in [-0.05, 0) is 54.8 Å². The number of nitrogens with zero attached hydrogens (tertiary/aromatic N) is 1. The number of halogens is 2. The zero-order valence-corrected chi connectivity index (χ0v) is 20.8. The van der Waals surface area contributed by atoms with Gasteiger partial charge in [-0.2, -0.15) is 0 Å². The number of sulfone groups is 1. The van der Waals surface area contributed by atoms with Gasteiger partial charge in [-0.1, -0.05) is 24.6 Å². The molecule has 2 aromatic rings. The Morgan fingerprint density at radius 2 is 1.91 bits per heavy atom. The number of nitrogens with one attached hydrogen (secondary N) is 2. The first-order valence-corrected chi connectivity index (χ1v) is 13.2. The number of likely N-dealkylation sites (tertiary alicyclic amines) is 1. The minimum absolute atomic E-state index is 0.0548. The Morgan fingerprint density at radius 3 is 2.59 bits per heavy atom. The van der Waals surface area contributed by atoms with E-state index in [2.05, 4.69) is 15.5 Å². The summed E-state index contributed by atoms with van der Waals surface area (Å²) in [6.07, 6.45) is 0.932. The maximum absolute atomic E-state index is 14.7. The number of hydrogen-bond donors (Lipinski definition) is 2. The summed E-state index contributed by atoms with van der Waals surface area (Å²) in [4.78, 5) is 25.9. The highest BCUT2D eigenvalue weighted by Gasteiger charge is 2.24. The molecule has 0 bridgehead atoms. The summed E-state index contributed by atoms with van der Waals surface area (Å²) in [6.45, 7) is 5.59. The second kappa shape index (κ2) is 11.3. The Kier molecular flexibility index (Phi) is 8.67. The van der Waals surface area contributed by atoms with Crippen LogP contribution < -0.4 is 10.6 Å². The third-order valence-electron chi connectivity index (χ3n) is 5.90. The molecule has 0 saturated carbocycles. The van der Waals surface area contributed by atoms with Crippen LogP contribution in [-0.4, -0.2) is 50.5 Å².